The van der Waals surface area contributed by atoms with Gasteiger partial charge in [-0.2, -0.15) is 0 Å². The standard InChI is InChI=1S/C22H23NO3.C2H6/c1-22(2,3)26-21(24)23-18-13-17-11-7-8-12-19(17)20(14-18)25-15-16-9-5-4-6-10-16;1-2/h4-14H,15H2,1-3H3,(H,23,24);1-2H3. The number of hydrogen-bond acceptors (Lipinski definition) is 3. The third kappa shape index (κ3) is 6.31. The van der Waals surface area contributed by atoms with Crippen molar-refractivity contribution in [1.82, 2.24) is 0 Å². The van der Waals surface area contributed by atoms with E-state index in [2.05, 4.69) is 5.32 Å². The Labute approximate surface area is 167 Å². The maximum Gasteiger partial charge on any atom is 0.412 e. The summed E-state index contributed by atoms with van der Waals surface area (Å²) < 4.78 is 11.4. The van der Waals surface area contributed by atoms with Gasteiger partial charge in [-0.15, -0.1) is 0 Å². The van der Waals surface area contributed by atoms with E-state index in [0.717, 1.165) is 22.1 Å². The summed E-state index contributed by atoms with van der Waals surface area (Å²) in [5, 5.41) is 4.78. The number of nitrogens with one attached hydrogen (secondary N) is 1. The largest absolute Gasteiger partial charge is 0.488 e. The van der Waals surface area contributed by atoms with Crippen molar-refractivity contribution in [2.24, 2.45) is 0 Å². The zero-order chi connectivity index (χ0) is 20.6. The highest BCUT2D eigenvalue weighted by Crippen LogP contribution is 2.31. The molecule has 148 valence electrons. The molecule has 0 fully saturated rings. The average molecular weight is 380 g/mol. The van der Waals surface area contributed by atoms with Gasteiger partial charge in [0.15, 0.2) is 0 Å². The van der Waals surface area contributed by atoms with Crippen molar-refractivity contribution in [3.05, 3.63) is 72.3 Å². The molecule has 3 rings (SSSR count). The van der Waals surface area contributed by atoms with E-state index >= 15 is 0 Å². The predicted molar refractivity (Wildman–Crippen MR) is 116 cm³/mol. The van der Waals surface area contributed by atoms with Crippen molar-refractivity contribution in [3.8, 4) is 5.75 Å². The third-order valence-corrected chi connectivity index (χ3v) is 3.71. The van der Waals surface area contributed by atoms with Crippen LogP contribution in [-0.4, -0.2) is 11.7 Å². The Bertz CT molecular complexity index is 899. The fourth-order valence-electron chi connectivity index (χ4n) is 2.62. The van der Waals surface area contributed by atoms with E-state index in [1.54, 1.807) is 0 Å². The normalized spacial score (nSPS) is 10.6. The molecule has 3 aromatic rings. The lowest BCUT2D eigenvalue weighted by Crippen LogP contribution is -2.27. The van der Waals surface area contributed by atoms with Gasteiger partial charge in [0.1, 0.15) is 18.0 Å². The van der Waals surface area contributed by atoms with Gasteiger partial charge in [0.2, 0.25) is 0 Å². The third-order valence-electron chi connectivity index (χ3n) is 3.71. The minimum Gasteiger partial charge on any atom is -0.488 e. The lowest BCUT2D eigenvalue weighted by Gasteiger charge is -2.20. The summed E-state index contributed by atoms with van der Waals surface area (Å²) in [5.41, 5.74) is 1.18. The average Bonchev–Trinajstić information content (AvgIpc) is 2.67. The van der Waals surface area contributed by atoms with E-state index in [1.165, 1.54) is 0 Å². The summed E-state index contributed by atoms with van der Waals surface area (Å²) in [4.78, 5) is 12.1. The van der Waals surface area contributed by atoms with Crippen molar-refractivity contribution < 1.29 is 14.3 Å². The van der Waals surface area contributed by atoms with Crippen LogP contribution in [-0.2, 0) is 11.3 Å². The number of benzene rings is 3. The number of rotatable bonds is 4. The van der Waals surface area contributed by atoms with E-state index in [0.29, 0.717) is 12.3 Å². The van der Waals surface area contributed by atoms with E-state index in [9.17, 15) is 4.79 Å². The quantitative estimate of drug-likeness (QED) is 0.543. The van der Waals surface area contributed by atoms with Crippen molar-refractivity contribution in [2.45, 2.75) is 46.8 Å². The van der Waals surface area contributed by atoms with Crippen LogP contribution in [0.5, 0.6) is 5.75 Å². The number of ether oxygens (including phenoxy) is 2. The van der Waals surface area contributed by atoms with Gasteiger partial charge < -0.3 is 9.47 Å². The minimum absolute atomic E-state index is 0.459. The maximum atomic E-state index is 12.1. The molecule has 0 bridgehead atoms. The number of amides is 1. The topological polar surface area (TPSA) is 47.6 Å². The summed E-state index contributed by atoms with van der Waals surface area (Å²) in [6.45, 7) is 9.96. The molecule has 3 aromatic carbocycles. The fraction of sp³-hybridized carbons (Fsp3) is 0.292. The number of hydrogen-bond donors (Lipinski definition) is 1. The van der Waals surface area contributed by atoms with E-state index in [-0.39, 0.29) is 0 Å². The molecule has 0 aliphatic heterocycles. The Morgan fingerprint density at radius 1 is 0.929 bits per heavy atom. The van der Waals surface area contributed by atoms with Crippen molar-refractivity contribution in [2.75, 3.05) is 5.32 Å². The zero-order valence-corrected chi connectivity index (χ0v) is 17.3. The molecule has 0 atom stereocenters. The van der Waals surface area contributed by atoms with Crippen molar-refractivity contribution in [1.29, 1.82) is 0 Å². The van der Waals surface area contributed by atoms with Crippen LogP contribution >= 0.6 is 0 Å². The minimum atomic E-state index is -0.548. The van der Waals surface area contributed by atoms with E-state index in [1.807, 2.05) is 101 Å². The molecule has 28 heavy (non-hydrogen) atoms. The summed E-state index contributed by atoms with van der Waals surface area (Å²) in [5.74, 6) is 0.720. The van der Waals surface area contributed by atoms with Crippen LogP contribution in [0.4, 0.5) is 10.5 Å². The van der Waals surface area contributed by atoms with Crippen LogP contribution in [0.15, 0.2) is 66.7 Å². The summed E-state index contributed by atoms with van der Waals surface area (Å²) in [6.07, 6.45) is -0.484. The Hall–Kier alpha value is -3.01. The molecular formula is C24H29NO3. The predicted octanol–water partition coefficient (Wildman–Crippen LogP) is 6.79. The first-order valence-corrected chi connectivity index (χ1v) is 9.60. The number of carbonyl (C=O) groups is 1. The van der Waals surface area contributed by atoms with Crippen molar-refractivity contribution >= 4 is 22.6 Å². The highest BCUT2D eigenvalue weighted by atomic mass is 16.6. The summed E-state index contributed by atoms with van der Waals surface area (Å²) in [6, 6.07) is 21.6. The molecular weight excluding hydrogens is 350 g/mol. The molecule has 4 nitrogen and oxygen atoms in total. The molecule has 0 saturated heterocycles. The van der Waals surface area contributed by atoms with Crippen LogP contribution in [0.2, 0.25) is 0 Å². The Balaban J connectivity index is 0.00000136. The smallest absolute Gasteiger partial charge is 0.412 e. The van der Waals surface area contributed by atoms with Crippen molar-refractivity contribution in [3.63, 3.8) is 0 Å². The molecule has 0 spiro atoms. The van der Waals surface area contributed by atoms with Gasteiger partial charge in [0.05, 0.1) is 0 Å². The number of anilines is 1. The molecule has 1 N–H and O–H groups in total. The van der Waals surface area contributed by atoms with Gasteiger partial charge in [-0.1, -0.05) is 68.4 Å². The lowest BCUT2D eigenvalue weighted by atomic mass is 10.1. The SMILES string of the molecule is CC.CC(C)(C)OC(=O)Nc1cc(OCc2ccccc2)c2ccccc2c1. The van der Waals surface area contributed by atoms with E-state index < -0.39 is 11.7 Å². The highest BCUT2D eigenvalue weighted by Gasteiger charge is 2.17. The second-order valence-corrected chi connectivity index (χ2v) is 7.10. The Morgan fingerprint density at radius 2 is 1.57 bits per heavy atom. The Kier molecular flexibility index (Phi) is 7.44. The van der Waals surface area contributed by atoms with Crippen LogP contribution in [0.3, 0.4) is 0 Å². The van der Waals surface area contributed by atoms with Crippen LogP contribution in [0.1, 0.15) is 40.2 Å². The van der Waals surface area contributed by atoms with Gasteiger partial charge in [-0.3, -0.25) is 5.32 Å². The monoisotopic (exact) mass is 379 g/mol. The number of fused-ring (bicyclic) bond motifs is 1. The van der Waals surface area contributed by atoms with Crippen LogP contribution in [0, 0.1) is 0 Å². The molecule has 4 heteroatoms. The first kappa shape index (κ1) is 21.3. The molecule has 0 saturated carbocycles. The molecule has 0 heterocycles. The molecule has 1 amide bonds. The maximum absolute atomic E-state index is 12.1. The lowest BCUT2D eigenvalue weighted by molar-refractivity contribution is 0.0636. The molecule has 0 aromatic heterocycles. The molecule has 0 aliphatic carbocycles. The van der Waals surface area contributed by atoms with Gasteiger partial charge in [-0.05, 0) is 37.8 Å². The first-order valence-electron chi connectivity index (χ1n) is 9.60. The number of carbonyl (C=O) groups excluding carboxylic acids is 1. The second-order valence-electron chi connectivity index (χ2n) is 7.10. The summed E-state index contributed by atoms with van der Waals surface area (Å²) >= 11 is 0. The fourth-order valence-corrected chi connectivity index (χ4v) is 2.62. The molecule has 0 radical (unpaired) electrons. The van der Waals surface area contributed by atoms with E-state index in [4.69, 9.17) is 9.47 Å². The van der Waals surface area contributed by atoms with Gasteiger partial charge in [0, 0.05) is 17.1 Å². The zero-order valence-electron chi connectivity index (χ0n) is 17.3. The van der Waals surface area contributed by atoms with Crippen LogP contribution < -0.4 is 10.1 Å². The van der Waals surface area contributed by atoms with Gasteiger partial charge >= 0.3 is 6.09 Å². The van der Waals surface area contributed by atoms with Crippen LogP contribution in [0.25, 0.3) is 10.8 Å². The molecule has 0 aliphatic rings. The highest BCUT2D eigenvalue weighted by molar-refractivity contribution is 5.95. The first-order chi connectivity index (χ1) is 13.4. The molecule has 0 unspecified atom stereocenters. The van der Waals surface area contributed by atoms with Gasteiger partial charge in [0.25, 0.3) is 0 Å². The second kappa shape index (κ2) is 9.79. The summed E-state index contributed by atoms with van der Waals surface area (Å²) in [7, 11) is 0. The Morgan fingerprint density at radius 3 is 2.25 bits per heavy atom. The van der Waals surface area contributed by atoms with Gasteiger partial charge in [-0.25, -0.2) is 4.79 Å².